The molecule has 0 aromatic heterocycles. The van der Waals surface area contributed by atoms with Crippen LogP contribution in [0.2, 0.25) is 0 Å². The predicted molar refractivity (Wildman–Crippen MR) is 103 cm³/mol. The van der Waals surface area contributed by atoms with E-state index in [4.69, 9.17) is 5.73 Å². The minimum absolute atomic E-state index is 0.184. The summed E-state index contributed by atoms with van der Waals surface area (Å²) in [6, 6.07) is -4.30. The van der Waals surface area contributed by atoms with Gasteiger partial charge in [-0.05, 0) is 39.2 Å². The van der Waals surface area contributed by atoms with Crippen LogP contribution in [0.4, 0.5) is 0 Å². The van der Waals surface area contributed by atoms with Gasteiger partial charge in [-0.1, -0.05) is 0 Å². The first-order chi connectivity index (χ1) is 14.1. The molecular formula is C18H29N5O7. The second kappa shape index (κ2) is 10.3. The van der Waals surface area contributed by atoms with Gasteiger partial charge in [-0.3, -0.25) is 19.2 Å². The number of hydrogen-bond acceptors (Lipinski definition) is 7. The molecule has 0 aromatic rings. The highest BCUT2D eigenvalue weighted by molar-refractivity contribution is 5.96. The van der Waals surface area contributed by atoms with E-state index in [-0.39, 0.29) is 13.0 Å². The maximum atomic E-state index is 12.8. The van der Waals surface area contributed by atoms with Gasteiger partial charge in [0.15, 0.2) is 0 Å². The molecule has 0 saturated carbocycles. The van der Waals surface area contributed by atoms with Crippen LogP contribution in [0.1, 0.15) is 39.0 Å². The maximum Gasteiger partial charge on any atom is 0.326 e. The first-order valence-electron chi connectivity index (χ1n) is 9.95. The van der Waals surface area contributed by atoms with E-state index in [0.29, 0.717) is 19.4 Å². The predicted octanol–water partition coefficient (Wildman–Crippen LogP) is -2.96. The van der Waals surface area contributed by atoms with Crippen LogP contribution in [-0.2, 0) is 24.0 Å². The van der Waals surface area contributed by atoms with Crippen molar-refractivity contribution in [1.82, 2.24) is 20.9 Å². The minimum atomic E-state index is -1.44. The Kier molecular flexibility index (Phi) is 8.12. The van der Waals surface area contributed by atoms with Gasteiger partial charge in [-0.25, -0.2) is 4.79 Å². The van der Waals surface area contributed by atoms with Gasteiger partial charge < -0.3 is 36.8 Å². The molecule has 0 spiro atoms. The summed E-state index contributed by atoms with van der Waals surface area (Å²) in [5.41, 5.74) is 5.19. The SMILES string of the molecule is CC(O)C(NC(=O)C(CC(N)=O)NC(=O)C1CCCN1)C(=O)N1CCCC1C(=O)O. The van der Waals surface area contributed by atoms with Crippen molar-refractivity contribution in [2.45, 2.75) is 69.3 Å². The molecule has 12 heteroatoms. The highest BCUT2D eigenvalue weighted by Crippen LogP contribution is 2.19. The topological polar surface area (TPSA) is 191 Å². The van der Waals surface area contributed by atoms with Gasteiger partial charge in [0.05, 0.1) is 18.6 Å². The van der Waals surface area contributed by atoms with Crippen LogP contribution in [0.5, 0.6) is 0 Å². The number of carbonyl (C=O) groups is 5. The summed E-state index contributed by atoms with van der Waals surface area (Å²) < 4.78 is 0. The number of primary amides is 1. The molecule has 2 saturated heterocycles. The van der Waals surface area contributed by atoms with Gasteiger partial charge in [-0.15, -0.1) is 0 Å². The summed E-state index contributed by atoms with van der Waals surface area (Å²) in [5, 5.41) is 27.1. The quantitative estimate of drug-likeness (QED) is 0.225. The number of aliphatic hydroxyl groups excluding tert-OH is 1. The zero-order valence-electron chi connectivity index (χ0n) is 16.8. The number of carboxylic acid groups (broad SMARTS) is 1. The number of aliphatic carboxylic acids is 1. The fourth-order valence-electron chi connectivity index (χ4n) is 3.70. The van der Waals surface area contributed by atoms with Crippen LogP contribution in [0, 0.1) is 0 Å². The molecule has 2 aliphatic heterocycles. The number of rotatable bonds is 9. The van der Waals surface area contributed by atoms with Crippen molar-refractivity contribution in [2.75, 3.05) is 13.1 Å². The Morgan fingerprint density at radius 1 is 1.17 bits per heavy atom. The number of nitrogens with two attached hydrogens (primary N) is 1. The van der Waals surface area contributed by atoms with Gasteiger partial charge in [0.1, 0.15) is 18.1 Å². The Bertz CT molecular complexity index is 692. The summed E-state index contributed by atoms with van der Waals surface area (Å²) in [6.07, 6.45) is 0.305. The van der Waals surface area contributed by atoms with Crippen LogP contribution in [-0.4, -0.2) is 88.1 Å². The molecule has 30 heavy (non-hydrogen) atoms. The third-order valence-corrected chi connectivity index (χ3v) is 5.28. The van der Waals surface area contributed by atoms with E-state index in [9.17, 15) is 34.2 Å². The molecule has 2 fully saturated rings. The number of nitrogens with zero attached hydrogens (tertiary/aromatic N) is 1. The van der Waals surface area contributed by atoms with Gasteiger partial charge in [-0.2, -0.15) is 0 Å². The Morgan fingerprint density at radius 2 is 1.87 bits per heavy atom. The molecule has 5 atom stereocenters. The van der Waals surface area contributed by atoms with Crippen molar-refractivity contribution in [2.24, 2.45) is 5.73 Å². The largest absolute Gasteiger partial charge is 0.480 e. The first kappa shape index (κ1) is 23.5. The normalized spacial score (nSPS) is 24.0. The molecule has 0 radical (unpaired) electrons. The molecule has 12 nitrogen and oxygen atoms in total. The molecule has 0 aromatic carbocycles. The molecule has 168 valence electrons. The number of hydrogen-bond donors (Lipinski definition) is 6. The van der Waals surface area contributed by atoms with E-state index in [1.165, 1.54) is 6.92 Å². The van der Waals surface area contributed by atoms with Gasteiger partial charge >= 0.3 is 5.97 Å². The van der Waals surface area contributed by atoms with Crippen molar-refractivity contribution in [1.29, 1.82) is 0 Å². The standard InChI is InChI=1S/C18H29N5O7/c1-9(24)14(17(28)23-7-3-5-12(23)18(29)30)22-16(27)11(8-13(19)25)21-15(26)10-4-2-6-20-10/h9-12,14,20,24H,2-8H2,1H3,(H2,19,25)(H,21,26)(H,22,27)(H,29,30). The fraction of sp³-hybridized carbons (Fsp3) is 0.722. The van der Waals surface area contributed by atoms with Crippen molar-refractivity contribution < 1.29 is 34.2 Å². The average molecular weight is 427 g/mol. The number of carbonyl (C=O) groups excluding carboxylic acids is 4. The summed E-state index contributed by atoms with van der Waals surface area (Å²) in [6.45, 7) is 2.12. The lowest BCUT2D eigenvalue weighted by atomic mass is 10.1. The number of likely N-dealkylation sites (tertiary alicyclic amines) is 1. The molecule has 0 aliphatic carbocycles. The molecule has 2 aliphatic rings. The van der Waals surface area contributed by atoms with Gasteiger partial charge in [0, 0.05) is 6.54 Å². The minimum Gasteiger partial charge on any atom is -0.480 e. The molecule has 2 rings (SSSR count). The van der Waals surface area contributed by atoms with E-state index >= 15 is 0 Å². The van der Waals surface area contributed by atoms with E-state index in [1.54, 1.807) is 0 Å². The molecule has 7 N–H and O–H groups in total. The van der Waals surface area contributed by atoms with E-state index in [2.05, 4.69) is 16.0 Å². The van der Waals surface area contributed by atoms with Crippen molar-refractivity contribution in [3.63, 3.8) is 0 Å². The maximum absolute atomic E-state index is 12.8. The van der Waals surface area contributed by atoms with Crippen LogP contribution in [0.15, 0.2) is 0 Å². The highest BCUT2D eigenvalue weighted by atomic mass is 16.4. The summed E-state index contributed by atoms with van der Waals surface area (Å²) in [5.74, 6) is -4.09. The summed E-state index contributed by atoms with van der Waals surface area (Å²) in [7, 11) is 0. The van der Waals surface area contributed by atoms with Crippen LogP contribution >= 0.6 is 0 Å². The summed E-state index contributed by atoms with van der Waals surface area (Å²) in [4.78, 5) is 61.7. The third-order valence-electron chi connectivity index (χ3n) is 5.28. The number of carboxylic acids is 1. The second-order valence-corrected chi connectivity index (χ2v) is 7.64. The Labute approximate surface area is 173 Å². The van der Waals surface area contributed by atoms with Crippen molar-refractivity contribution in [3.05, 3.63) is 0 Å². The molecular weight excluding hydrogens is 398 g/mol. The van der Waals surface area contributed by atoms with Crippen molar-refractivity contribution in [3.8, 4) is 0 Å². The molecule has 5 unspecified atom stereocenters. The van der Waals surface area contributed by atoms with Crippen molar-refractivity contribution >= 4 is 29.6 Å². The second-order valence-electron chi connectivity index (χ2n) is 7.64. The third kappa shape index (κ3) is 5.89. The summed E-state index contributed by atoms with van der Waals surface area (Å²) >= 11 is 0. The lowest BCUT2D eigenvalue weighted by Gasteiger charge is -2.30. The smallest absolute Gasteiger partial charge is 0.326 e. The Balaban J connectivity index is 2.10. The first-order valence-corrected chi connectivity index (χ1v) is 9.95. The molecule has 4 amide bonds. The zero-order valence-corrected chi connectivity index (χ0v) is 16.8. The monoisotopic (exact) mass is 427 g/mol. The molecule has 0 bridgehead atoms. The van der Waals surface area contributed by atoms with Crippen LogP contribution < -0.4 is 21.7 Å². The number of aliphatic hydroxyl groups is 1. The van der Waals surface area contributed by atoms with E-state index < -0.39 is 66.3 Å². The lowest BCUT2D eigenvalue weighted by molar-refractivity contribution is -0.151. The zero-order chi connectivity index (χ0) is 22.4. The van der Waals surface area contributed by atoms with E-state index in [1.807, 2.05) is 0 Å². The Morgan fingerprint density at radius 3 is 2.40 bits per heavy atom. The van der Waals surface area contributed by atoms with Crippen LogP contribution in [0.25, 0.3) is 0 Å². The number of nitrogens with one attached hydrogen (secondary N) is 3. The van der Waals surface area contributed by atoms with E-state index in [0.717, 1.165) is 11.3 Å². The van der Waals surface area contributed by atoms with Gasteiger partial charge in [0.2, 0.25) is 23.6 Å². The Hall–Kier alpha value is -2.73. The van der Waals surface area contributed by atoms with Gasteiger partial charge in [0.25, 0.3) is 0 Å². The fourth-order valence-corrected chi connectivity index (χ4v) is 3.70. The average Bonchev–Trinajstić information content (AvgIpc) is 3.35. The molecule has 2 heterocycles. The number of amides is 4. The van der Waals surface area contributed by atoms with Crippen LogP contribution in [0.3, 0.4) is 0 Å². The lowest BCUT2D eigenvalue weighted by Crippen LogP contribution is -2.60. The highest BCUT2D eigenvalue weighted by Gasteiger charge is 2.40.